The van der Waals surface area contributed by atoms with Gasteiger partial charge in [0, 0.05) is 22.8 Å². The van der Waals surface area contributed by atoms with Crippen LogP contribution < -0.4 is 10.9 Å². The van der Waals surface area contributed by atoms with E-state index in [0.29, 0.717) is 21.5 Å². The molecule has 2 heterocycles. The number of nitrogens with zero attached hydrogens (tertiary/aromatic N) is 3. The van der Waals surface area contributed by atoms with Crippen molar-refractivity contribution in [3.63, 3.8) is 0 Å². The van der Waals surface area contributed by atoms with Crippen LogP contribution in [-0.2, 0) is 0 Å². The lowest BCUT2D eigenvalue weighted by atomic mass is 10.3. The molecule has 0 spiro atoms. The number of carbonyl (C=O) groups is 1. The largest absolute Gasteiger partial charge is 0.295 e. The van der Waals surface area contributed by atoms with Crippen LogP contribution >= 0.6 is 46.1 Å². The van der Waals surface area contributed by atoms with Crippen LogP contribution in [0.1, 0.15) is 10.5 Å². The number of nitrogens with one attached hydrogen (secondary N) is 2. The number of thiazole rings is 1. The zero-order chi connectivity index (χ0) is 17.1. The van der Waals surface area contributed by atoms with E-state index in [9.17, 15) is 4.79 Å². The highest BCUT2D eigenvalue weighted by molar-refractivity contribution is 7.13. The number of amides is 1. The molecule has 10 heteroatoms. The highest BCUT2D eigenvalue weighted by Gasteiger charge is 2.14. The lowest BCUT2D eigenvalue weighted by Gasteiger charge is -2.11. The Balaban J connectivity index is 1.71. The van der Waals surface area contributed by atoms with Crippen molar-refractivity contribution in [3.05, 3.63) is 56.7 Å². The minimum Gasteiger partial charge on any atom is -0.295 e. The van der Waals surface area contributed by atoms with E-state index in [-0.39, 0.29) is 15.7 Å². The predicted molar refractivity (Wildman–Crippen MR) is 95.7 cm³/mol. The fraction of sp³-hybridized carbons (Fsp3) is 0. The molecule has 24 heavy (non-hydrogen) atoms. The van der Waals surface area contributed by atoms with Crippen molar-refractivity contribution >= 4 is 57.7 Å². The van der Waals surface area contributed by atoms with Crippen LogP contribution in [0.3, 0.4) is 0 Å². The monoisotopic (exact) mass is 399 g/mol. The summed E-state index contributed by atoms with van der Waals surface area (Å²) < 4.78 is 0. The maximum Gasteiger partial charge on any atom is 0.289 e. The van der Waals surface area contributed by atoms with E-state index in [1.807, 2.05) is 0 Å². The minimum atomic E-state index is -0.449. The van der Waals surface area contributed by atoms with E-state index in [1.165, 1.54) is 23.5 Å². The summed E-state index contributed by atoms with van der Waals surface area (Å²) in [5, 5.41) is 3.11. The summed E-state index contributed by atoms with van der Waals surface area (Å²) in [4.78, 5) is 24.6. The van der Waals surface area contributed by atoms with Gasteiger partial charge in [0.05, 0.1) is 15.7 Å². The molecule has 0 atom stereocenters. The first-order valence-corrected chi connectivity index (χ1v) is 8.50. The molecule has 6 nitrogen and oxygen atoms in total. The Labute approximate surface area is 155 Å². The summed E-state index contributed by atoms with van der Waals surface area (Å²) in [6.45, 7) is 0. The third-order valence-electron chi connectivity index (χ3n) is 2.80. The number of halogens is 3. The molecule has 0 radical (unpaired) electrons. The molecule has 1 aromatic carbocycles. The molecule has 0 saturated carbocycles. The van der Waals surface area contributed by atoms with Crippen molar-refractivity contribution in [2.45, 2.75) is 0 Å². The van der Waals surface area contributed by atoms with Gasteiger partial charge in [-0.05, 0) is 18.2 Å². The summed E-state index contributed by atoms with van der Waals surface area (Å²) in [6, 6.07) is 4.72. The van der Waals surface area contributed by atoms with Crippen molar-refractivity contribution < 1.29 is 4.79 Å². The zero-order valence-corrected chi connectivity index (χ0v) is 14.8. The number of aromatic nitrogens is 3. The number of carbonyl (C=O) groups excluding carboxylic acids is 1. The van der Waals surface area contributed by atoms with E-state index in [4.69, 9.17) is 34.8 Å². The molecule has 0 unspecified atom stereocenters. The third kappa shape index (κ3) is 3.76. The normalized spacial score (nSPS) is 10.5. The molecule has 0 aliphatic rings. The number of benzene rings is 1. The van der Waals surface area contributed by atoms with Gasteiger partial charge < -0.3 is 0 Å². The van der Waals surface area contributed by atoms with Gasteiger partial charge in [-0.3, -0.25) is 15.6 Å². The molecule has 1 amide bonds. The average molecular weight is 401 g/mol. The molecule has 0 fully saturated rings. The minimum absolute atomic E-state index is 0.219. The van der Waals surface area contributed by atoms with Crippen LogP contribution in [0.5, 0.6) is 0 Å². The van der Waals surface area contributed by atoms with Crippen LogP contribution in [0.4, 0.5) is 5.69 Å². The van der Waals surface area contributed by atoms with Crippen LogP contribution in [0.15, 0.2) is 36.0 Å². The Morgan fingerprint density at radius 3 is 2.42 bits per heavy atom. The maximum absolute atomic E-state index is 12.2. The Morgan fingerprint density at radius 2 is 1.75 bits per heavy atom. The van der Waals surface area contributed by atoms with E-state index >= 15 is 0 Å². The second-order valence-corrected chi connectivity index (χ2v) is 6.54. The van der Waals surface area contributed by atoms with Crippen molar-refractivity contribution in [1.82, 2.24) is 20.4 Å². The van der Waals surface area contributed by atoms with Crippen LogP contribution in [0, 0.1) is 0 Å². The van der Waals surface area contributed by atoms with Crippen molar-refractivity contribution in [2.75, 3.05) is 5.43 Å². The van der Waals surface area contributed by atoms with E-state index in [0.717, 1.165) is 0 Å². The predicted octanol–water partition coefficient (Wildman–Crippen LogP) is 4.32. The van der Waals surface area contributed by atoms with Gasteiger partial charge in [0.15, 0.2) is 10.8 Å². The molecule has 3 rings (SSSR count). The van der Waals surface area contributed by atoms with Crippen molar-refractivity contribution in [2.24, 2.45) is 0 Å². The van der Waals surface area contributed by atoms with Gasteiger partial charge in [-0.1, -0.05) is 34.8 Å². The Morgan fingerprint density at radius 1 is 1.08 bits per heavy atom. The summed E-state index contributed by atoms with van der Waals surface area (Å²) in [5.41, 5.74) is 5.71. The number of hydrogen-bond acceptors (Lipinski definition) is 6. The molecule has 0 saturated heterocycles. The van der Waals surface area contributed by atoms with E-state index in [1.54, 1.807) is 23.8 Å². The van der Waals surface area contributed by atoms with E-state index < -0.39 is 5.91 Å². The molecule has 2 N–H and O–H groups in total. The first-order chi connectivity index (χ1) is 11.5. The quantitative estimate of drug-likeness (QED) is 0.638. The smallest absolute Gasteiger partial charge is 0.289 e. The second kappa shape index (κ2) is 7.31. The highest BCUT2D eigenvalue weighted by atomic mass is 35.5. The number of hydrazine groups is 1. The molecule has 0 aliphatic heterocycles. The Bertz CT molecular complexity index is 864. The first-order valence-electron chi connectivity index (χ1n) is 6.48. The molecule has 0 bridgehead atoms. The number of anilines is 1. The van der Waals surface area contributed by atoms with E-state index in [2.05, 4.69) is 25.8 Å². The van der Waals surface area contributed by atoms with Crippen molar-refractivity contribution in [1.29, 1.82) is 0 Å². The molecule has 2 aromatic heterocycles. The number of rotatable bonds is 4. The highest BCUT2D eigenvalue weighted by Crippen LogP contribution is 2.33. The summed E-state index contributed by atoms with van der Waals surface area (Å²) in [7, 11) is 0. The van der Waals surface area contributed by atoms with Gasteiger partial charge in [-0.2, -0.15) is 0 Å². The second-order valence-electron chi connectivity index (χ2n) is 4.43. The average Bonchev–Trinajstić information content (AvgIpc) is 3.04. The molecular weight excluding hydrogens is 393 g/mol. The van der Waals surface area contributed by atoms with Crippen molar-refractivity contribution in [3.8, 4) is 10.8 Å². The SMILES string of the molecule is O=C(NNc1c(Cl)cc(Cl)cc1Cl)c1csc(-c2ncccn2)n1. The Kier molecular flexibility index (Phi) is 5.15. The fourth-order valence-corrected chi connectivity index (χ4v) is 3.39. The summed E-state index contributed by atoms with van der Waals surface area (Å²) >= 11 is 19.2. The fourth-order valence-electron chi connectivity index (χ4n) is 1.74. The number of hydrogen-bond donors (Lipinski definition) is 2. The van der Waals surface area contributed by atoms with Crippen LogP contribution in [0.2, 0.25) is 15.1 Å². The third-order valence-corrected chi connectivity index (χ3v) is 4.45. The molecule has 0 aliphatic carbocycles. The first kappa shape index (κ1) is 16.9. The van der Waals surface area contributed by atoms with Crippen LogP contribution in [0.25, 0.3) is 10.8 Å². The van der Waals surface area contributed by atoms with Gasteiger partial charge in [-0.15, -0.1) is 11.3 Å². The van der Waals surface area contributed by atoms with Crippen LogP contribution in [-0.4, -0.2) is 20.9 Å². The van der Waals surface area contributed by atoms with Gasteiger partial charge in [0.1, 0.15) is 5.69 Å². The van der Waals surface area contributed by atoms with Gasteiger partial charge in [0.25, 0.3) is 5.91 Å². The molecule has 122 valence electrons. The van der Waals surface area contributed by atoms with Gasteiger partial charge >= 0.3 is 0 Å². The molecule has 3 aromatic rings. The summed E-state index contributed by atoms with van der Waals surface area (Å²) in [6.07, 6.45) is 3.21. The van der Waals surface area contributed by atoms with Gasteiger partial charge in [0.2, 0.25) is 0 Å². The summed E-state index contributed by atoms with van der Waals surface area (Å²) in [5.74, 6) is 0.00816. The zero-order valence-electron chi connectivity index (χ0n) is 11.8. The lowest BCUT2D eigenvalue weighted by Crippen LogP contribution is -2.29. The standard InChI is InChI=1S/C14H8Cl3N5OS/c15-7-4-8(16)11(9(17)5-7)21-22-13(23)10-6-24-14(20-10)12-18-2-1-3-19-12/h1-6,21H,(H,22,23). The topological polar surface area (TPSA) is 79.8 Å². The maximum atomic E-state index is 12.2. The lowest BCUT2D eigenvalue weighted by molar-refractivity contribution is 0.0958. The molecular formula is C14H8Cl3N5OS. The Hall–Kier alpha value is -1.93. The van der Waals surface area contributed by atoms with Gasteiger partial charge in [-0.25, -0.2) is 15.0 Å².